The van der Waals surface area contributed by atoms with Gasteiger partial charge in [0.1, 0.15) is 33.7 Å². The molecule has 2 aromatic carbocycles. The summed E-state index contributed by atoms with van der Waals surface area (Å²) in [5.41, 5.74) is 1.43. The molecule has 3 aromatic rings. The lowest BCUT2D eigenvalue weighted by Crippen LogP contribution is -2.41. The van der Waals surface area contributed by atoms with Gasteiger partial charge in [-0.15, -0.1) is 0 Å². The normalized spacial score (nSPS) is 17.2. The molecule has 52 heavy (non-hydrogen) atoms. The van der Waals surface area contributed by atoms with Gasteiger partial charge in [-0.25, -0.2) is 9.19 Å². The maximum absolute atomic E-state index is 13.6. The quantitative estimate of drug-likeness (QED) is 0.149. The summed E-state index contributed by atoms with van der Waals surface area (Å²) in [6.45, 7) is 0.261. The first-order valence-electron chi connectivity index (χ1n) is 16.6. The average molecular weight is 783 g/mol. The second-order valence-electron chi connectivity index (χ2n) is 12.6. The molecule has 12 nitrogen and oxygen atoms in total. The highest BCUT2D eigenvalue weighted by Gasteiger charge is 2.38. The summed E-state index contributed by atoms with van der Waals surface area (Å²) >= 11 is 12.9. The fourth-order valence-electron chi connectivity index (χ4n) is 5.97. The highest BCUT2D eigenvalue weighted by Crippen LogP contribution is 2.38. The summed E-state index contributed by atoms with van der Waals surface area (Å²) in [4.78, 5) is 46.3. The van der Waals surface area contributed by atoms with Crippen LogP contribution in [-0.4, -0.2) is 97.2 Å². The van der Waals surface area contributed by atoms with Crippen LogP contribution in [0.1, 0.15) is 50.8 Å². The minimum atomic E-state index is -3.10. The number of H-pyrrole nitrogens is 1. The van der Waals surface area contributed by atoms with Gasteiger partial charge in [-0.3, -0.25) is 28.5 Å². The standard InChI is InChI=1S/C35H36Cl2F2N4O8S/c1-52(47)43(9-8-41-10-12-48-13-11-41)23-5-6-24-25(15-23)34(46)42(33(24)45)19-32(44)50-30(16-26-27(36)17-40-18-28(26)37)22-4-7-29(51-35(38)39)31(14-22)49-20-21-2-3-21/h4-7,14-15,17-18,21,30,35H,2-3,8-13,16,19-20H2,1H3/p+1. The largest absolute Gasteiger partial charge is 0.489 e. The molecule has 0 spiro atoms. The molecule has 3 aliphatic rings. The molecular formula is C35H37Cl2F2N4O8S+. The first-order chi connectivity index (χ1) is 25.0. The molecule has 2 unspecified atom stereocenters. The molecule has 2 atom stereocenters. The van der Waals surface area contributed by atoms with Gasteiger partial charge in [-0.1, -0.05) is 29.3 Å². The van der Waals surface area contributed by atoms with E-state index in [1.807, 2.05) is 0 Å². The Balaban J connectivity index is 1.21. The third-order valence-corrected chi connectivity index (χ3v) is 10.6. The van der Waals surface area contributed by atoms with E-state index in [9.17, 15) is 27.4 Å². The van der Waals surface area contributed by atoms with Crippen LogP contribution in [0.2, 0.25) is 10.0 Å². The van der Waals surface area contributed by atoms with Gasteiger partial charge >= 0.3 is 12.6 Å². The Kier molecular flexibility index (Phi) is 12.3. The third kappa shape index (κ3) is 9.18. The van der Waals surface area contributed by atoms with Crippen molar-refractivity contribution in [3.05, 3.63) is 81.1 Å². The summed E-state index contributed by atoms with van der Waals surface area (Å²) in [6, 6.07) is 8.80. The van der Waals surface area contributed by atoms with Crippen molar-refractivity contribution in [1.82, 2.24) is 9.80 Å². The van der Waals surface area contributed by atoms with Crippen LogP contribution in [0.3, 0.4) is 0 Å². The van der Waals surface area contributed by atoms with E-state index < -0.39 is 48.0 Å². The highest BCUT2D eigenvalue weighted by atomic mass is 35.5. The maximum atomic E-state index is 13.6. The maximum Gasteiger partial charge on any atom is 0.387 e. The Hall–Kier alpha value is -3.89. The molecule has 17 heteroatoms. The van der Waals surface area contributed by atoms with Crippen molar-refractivity contribution in [2.45, 2.75) is 32.0 Å². The number of ether oxygens (including phenoxy) is 4. The molecule has 1 saturated heterocycles. The molecule has 6 rings (SSSR count). The van der Waals surface area contributed by atoms with Crippen LogP contribution >= 0.6 is 23.2 Å². The van der Waals surface area contributed by atoms with Gasteiger partial charge in [0.05, 0.1) is 36.6 Å². The number of alkyl halides is 2. The van der Waals surface area contributed by atoms with Crippen LogP contribution in [0.4, 0.5) is 14.5 Å². The van der Waals surface area contributed by atoms with E-state index >= 15 is 0 Å². The number of rotatable bonds is 16. The minimum Gasteiger partial charge on any atom is -0.489 e. The van der Waals surface area contributed by atoms with Gasteiger partial charge in [0.2, 0.25) is 0 Å². The number of pyridine rings is 1. The number of benzene rings is 2. The van der Waals surface area contributed by atoms with Crippen molar-refractivity contribution >= 4 is 57.7 Å². The van der Waals surface area contributed by atoms with E-state index in [1.54, 1.807) is 10.4 Å². The highest BCUT2D eigenvalue weighted by molar-refractivity contribution is 7.85. The zero-order valence-electron chi connectivity index (χ0n) is 28.2. The predicted molar refractivity (Wildman–Crippen MR) is 187 cm³/mol. The number of imide groups is 1. The van der Waals surface area contributed by atoms with Crippen molar-refractivity contribution in [3.8, 4) is 11.5 Å². The van der Waals surface area contributed by atoms with Crippen LogP contribution in [0.5, 0.6) is 11.5 Å². The van der Waals surface area contributed by atoms with Crippen molar-refractivity contribution < 1.29 is 51.3 Å². The number of hydrogen-bond acceptors (Lipinski definition) is 9. The number of aromatic nitrogens is 1. The van der Waals surface area contributed by atoms with E-state index in [0.29, 0.717) is 55.6 Å². The van der Waals surface area contributed by atoms with Gasteiger partial charge in [0.15, 0.2) is 23.9 Å². The van der Waals surface area contributed by atoms with Crippen molar-refractivity contribution in [2.75, 3.05) is 63.1 Å². The lowest BCUT2D eigenvalue weighted by atomic mass is 10.0. The number of esters is 1. The van der Waals surface area contributed by atoms with Gasteiger partial charge in [-0.05, 0) is 54.7 Å². The smallest absolute Gasteiger partial charge is 0.387 e. The van der Waals surface area contributed by atoms with Crippen LogP contribution in [0.15, 0.2) is 48.8 Å². The number of amides is 2. The number of nitrogens with one attached hydrogen (secondary N) is 1. The fraction of sp³-hybridized carbons (Fsp3) is 0.429. The Morgan fingerprint density at radius 3 is 2.42 bits per heavy atom. The number of carbonyl (C=O) groups is 3. The molecular weight excluding hydrogens is 745 g/mol. The molecule has 2 fully saturated rings. The van der Waals surface area contributed by atoms with E-state index in [4.69, 9.17) is 37.4 Å². The molecule has 278 valence electrons. The van der Waals surface area contributed by atoms with Crippen molar-refractivity contribution in [3.63, 3.8) is 0 Å². The topological polar surface area (TPSA) is 129 Å². The number of fused-ring (bicyclic) bond motifs is 1. The van der Waals surface area contributed by atoms with Gasteiger partial charge in [0.25, 0.3) is 11.8 Å². The van der Waals surface area contributed by atoms with E-state index in [-0.39, 0.29) is 39.1 Å². The summed E-state index contributed by atoms with van der Waals surface area (Å²) in [7, 11) is -1.43. The number of aromatic amines is 1. The predicted octanol–water partition coefficient (Wildman–Crippen LogP) is 4.75. The first-order valence-corrected chi connectivity index (χ1v) is 18.9. The molecule has 1 N–H and O–H groups in total. The SMILES string of the molecule is CS(=O)N(CCN1CCOCC1)c1ccc2c(c1)C(=O)N(CC(=O)OC(Cc1c(Cl)c[nH+]cc1Cl)c1ccc(OC(F)F)c(OCC3CC3)c1)C2=O. The molecule has 2 aliphatic heterocycles. The molecule has 2 amide bonds. The number of morpholine rings is 1. The lowest BCUT2D eigenvalue weighted by Gasteiger charge is -2.29. The lowest BCUT2D eigenvalue weighted by molar-refractivity contribution is -0.377. The molecule has 1 aromatic heterocycles. The van der Waals surface area contributed by atoms with Gasteiger partial charge < -0.3 is 18.9 Å². The van der Waals surface area contributed by atoms with Crippen LogP contribution in [0.25, 0.3) is 0 Å². The van der Waals surface area contributed by atoms with Crippen molar-refractivity contribution in [1.29, 1.82) is 0 Å². The van der Waals surface area contributed by atoms with Crippen LogP contribution in [0, 0.1) is 5.92 Å². The molecule has 1 aliphatic carbocycles. The summed E-state index contributed by atoms with van der Waals surface area (Å²) in [6.07, 6.45) is 5.29. The van der Waals surface area contributed by atoms with Gasteiger partial charge in [0, 0.05) is 44.4 Å². The van der Waals surface area contributed by atoms with Crippen LogP contribution < -0.4 is 18.8 Å². The zero-order valence-corrected chi connectivity index (χ0v) is 30.5. The van der Waals surface area contributed by atoms with Crippen LogP contribution in [-0.2, 0) is 31.7 Å². The summed E-state index contributed by atoms with van der Waals surface area (Å²) < 4.78 is 62.6. The average Bonchev–Trinajstić information content (AvgIpc) is 3.92. The fourth-order valence-corrected chi connectivity index (χ4v) is 7.25. The number of carbonyl (C=O) groups excluding carboxylic acids is 3. The zero-order chi connectivity index (χ0) is 36.9. The Morgan fingerprint density at radius 2 is 1.75 bits per heavy atom. The number of anilines is 1. The monoisotopic (exact) mass is 781 g/mol. The Bertz CT molecular complexity index is 1830. The molecule has 0 bridgehead atoms. The first kappa shape index (κ1) is 37.9. The molecule has 3 heterocycles. The van der Waals surface area contributed by atoms with Gasteiger partial charge in [-0.2, -0.15) is 8.78 Å². The molecule has 0 radical (unpaired) electrons. The molecule has 1 saturated carbocycles. The van der Waals surface area contributed by atoms with E-state index in [1.165, 1.54) is 49.0 Å². The van der Waals surface area contributed by atoms with E-state index in [2.05, 4.69) is 14.6 Å². The van der Waals surface area contributed by atoms with Crippen molar-refractivity contribution in [2.24, 2.45) is 5.92 Å². The number of nitrogens with zero attached hydrogens (tertiary/aromatic N) is 3. The number of halogens is 4. The second kappa shape index (κ2) is 16.8. The minimum absolute atomic E-state index is 0.0347. The third-order valence-electron chi connectivity index (χ3n) is 8.95. The number of hydrogen-bond donors (Lipinski definition) is 0. The summed E-state index contributed by atoms with van der Waals surface area (Å²) in [5.74, 6) is -2.18. The Morgan fingerprint density at radius 1 is 1.04 bits per heavy atom. The second-order valence-corrected chi connectivity index (χ2v) is 14.7. The summed E-state index contributed by atoms with van der Waals surface area (Å²) in [5, 5.41) is 0.499. The Labute approximate surface area is 311 Å². The van der Waals surface area contributed by atoms with E-state index in [0.717, 1.165) is 30.8 Å².